The number of aromatic carboxylic acids is 1. The summed E-state index contributed by atoms with van der Waals surface area (Å²) in [7, 11) is -3.60. The van der Waals surface area contributed by atoms with E-state index in [2.05, 4.69) is 4.72 Å². The highest BCUT2D eigenvalue weighted by Gasteiger charge is 2.18. The van der Waals surface area contributed by atoms with Crippen LogP contribution in [-0.2, 0) is 10.0 Å². The van der Waals surface area contributed by atoms with Crippen LogP contribution in [0, 0.1) is 5.92 Å². The van der Waals surface area contributed by atoms with Crippen LogP contribution in [0.4, 0.5) is 5.69 Å². The van der Waals surface area contributed by atoms with Gasteiger partial charge in [-0.15, -0.1) is 11.6 Å². The van der Waals surface area contributed by atoms with Gasteiger partial charge in [0.2, 0.25) is 10.0 Å². The van der Waals surface area contributed by atoms with Crippen molar-refractivity contribution >= 4 is 33.3 Å². The van der Waals surface area contributed by atoms with Gasteiger partial charge in [-0.1, -0.05) is 19.1 Å². The Kier molecular flexibility index (Phi) is 4.98. The fourth-order valence-electron chi connectivity index (χ4n) is 1.39. The number of anilines is 1. The van der Waals surface area contributed by atoms with Crippen molar-refractivity contribution in [1.29, 1.82) is 0 Å². The quantitative estimate of drug-likeness (QED) is 0.785. The second-order valence-corrected chi connectivity index (χ2v) is 6.07. The van der Waals surface area contributed by atoms with Crippen LogP contribution in [-0.4, -0.2) is 31.1 Å². The van der Waals surface area contributed by atoms with Crippen LogP contribution in [0.5, 0.6) is 0 Å². The zero-order chi connectivity index (χ0) is 13.8. The van der Waals surface area contributed by atoms with Crippen molar-refractivity contribution in [2.45, 2.75) is 6.92 Å². The summed E-state index contributed by atoms with van der Waals surface area (Å²) in [5.41, 5.74) is -0.0219. The van der Waals surface area contributed by atoms with E-state index in [1.807, 2.05) is 0 Å². The van der Waals surface area contributed by atoms with Crippen LogP contribution >= 0.6 is 11.6 Å². The molecular formula is C11H14ClNO4S. The molecular weight excluding hydrogens is 278 g/mol. The number of rotatable bonds is 6. The summed E-state index contributed by atoms with van der Waals surface area (Å²) in [4.78, 5) is 10.9. The van der Waals surface area contributed by atoms with Gasteiger partial charge in [-0.2, -0.15) is 0 Å². The molecule has 0 bridgehead atoms. The van der Waals surface area contributed by atoms with Gasteiger partial charge < -0.3 is 5.11 Å². The Bertz CT molecular complexity index is 530. The molecule has 0 aromatic heterocycles. The lowest BCUT2D eigenvalue weighted by Crippen LogP contribution is -2.23. The molecule has 0 heterocycles. The maximum atomic E-state index is 11.8. The number of hydrogen-bond acceptors (Lipinski definition) is 3. The lowest BCUT2D eigenvalue weighted by atomic mass is 10.2. The number of carbonyl (C=O) groups is 1. The molecule has 0 saturated heterocycles. The van der Waals surface area contributed by atoms with Crippen LogP contribution in [0.1, 0.15) is 17.3 Å². The first kappa shape index (κ1) is 14.8. The van der Waals surface area contributed by atoms with Gasteiger partial charge in [0.25, 0.3) is 0 Å². The Hall–Kier alpha value is -1.27. The van der Waals surface area contributed by atoms with Crippen LogP contribution in [0.25, 0.3) is 0 Å². The van der Waals surface area contributed by atoms with Crippen molar-refractivity contribution < 1.29 is 18.3 Å². The van der Waals surface area contributed by atoms with Crippen LogP contribution in [0.3, 0.4) is 0 Å². The fraction of sp³-hybridized carbons (Fsp3) is 0.364. The molecule has 0 saturated carbocycles. The fourth-order valence-corrected chi connectivity index (χ4v) is 3.09. The predicted octanol–water partition coefficient (Wildman–Crippen LogP) is 2.00. The number of nitrogens with one attached hydrogen (secondary N) is 1. The van der Waals surface area contributed by atoms with Crippen molar-refractivity contribution in [3.8, 4) is 0 Å². The summed E-state index contributed by atoms with van der Waals surface area (Å²) in [6.45, 7) is 1.70. The normalized spacial score (nSPS) is 13.0. The van der Waals surface area contributed by atoms with Crippen molar-refractivity contribution in [3.63, 3.8) is 0 Å². The van der Waals surface area contributed by atoms with E-state index in [9.17, 15) is 13.2 Å². The average molecular weight is 292 g/mol. The third kappa shape index (κ3) is 4.19. The molecule has 1 atom stereocenters. The van der Waals surface area contributed by atoms with E-state index < -0.39 is 16.0 Å². The Morgan fingerprint density at radius 1 is 1.44 bits per heavy atom. The van der Waals surface area contributed by atoms with Crippen molar-refractivity contribution in [2.24, 2.45) is 5.92 Å². The predicted molar refractivity (Wildman–Crippen MR) is 70.7 cm³/mol. The van der Waals surface area contributed by atoms with E-state index in [4.69, 9.17) is 16.7 Å². The SMILES string of the molecule is CC(CCl)CS(=O)(=O)Nc1ccccc1C(=O)O. The van der Waals surface area contributed by atoms with E-state index in [1.54, 1.807) is 13.0 Å². The van der Waals surface area contributed by atoms with E-state index in [0.717, 1.165) is 0 Å². The van der Waals surface area contributed by atoms with Crippen molar-refractivity contribution in [1.82, 2.24) is 0 Å². The summed E-state index contributed by atoms with van der Waals surface area (Å²) < 4.78 is 25.8. The Morgan fingerprint density at radius 2 is 2.06 bits per heavy atom. The molecule has 7 heteroatoms. The molecule has 0 spiro atoms. The molecule has 2 N–H and O–H groups in total. The number of benzene rings is 1. The van der Waals surface area contributed by atoms with Gasteiger partial charge in [0, 0.05) is 5.88 Å². The van der Waals surface area contributed by atoms with E-state index >= 15 is 0 Å². The molecule has 18 heavy (non-hydrogen) atoms. The highest BCUT2D eigenvalue weighted by Crippen LogP contribution is 2.17. The zero-order valence-electron chi connectivity index (χ0n) is 9.76. The standard InChI is InChI=1S/C11H14ClNO4S/c1-8(6-12)7-18(16,17)13-10-5-3-2-4-9(10)11(14)15/h2-5,8,13H,6-7H2,1H3,(H,14,15). The second kappa shape index (κ2) is 6.06. The number of carboxylic acid groups (broad SMARTS) is 1. The smallest absolute Gasteiger partial charge is 0.337 e. The van der Waals surface area contributed by atoms with Crippen molar-refractivity contribution in [3.05, 3.63) is 29.8 Å². The van der Waals surface area contributed by atoms with Gasteiger partial charge in [-0.25, -0.2) is 13.2 Å². The van der Waals surface area contributed by atoms with Gasteiger partial charge in [0.05, 0.1) is 17.0 Å². The molecule has 0 aliphatic carbocycles. The van der Waals surface area contributed by atoms with Gasteiger partial charge in [0.15, 0.2) is 0 Å². The lowest BCUT2D eigenvalue weighted by molar-refractivity contribution is 0.0698. The molecule has 0 aliphatic heterocycles. The number of sulfonamides is 1. The molecule has 1 aromatic rings. The Balaban J connectivity index is 2.94. The minimum Gasteiger partial charge on any atom is -0.478 e. The monoisotopic (exact) mass is 291 g/mol. The summed E-state index contributed by atoms with van der Waals surface area (Å²) in [6, 6.07) is 5.84. The number of para-hydroxylation sites is 1. The molecule has 1 rings (SSSR count). The minimum atomic E-state index is -3.60. The molecule has 5 nitrogen and oxygen atoms in total. The molecule has 1 aromatic carbocycles. The molecule has 0 aliphatic rings. The number of carboxylic acids is 1. The highest BCUT2D eigenvalue weighted by molar-refractivity contribution is 7.92. The third-order valence-electron chi connectivity index (χ3n) is 2.19. The van der Waals surface area contributed by atoms with Gasteiger partial charge in [-0.3, -0.25) is 4.72 Å². The Labute approximate surface area is 111 Å². The molecule has 0 amide bonds. The second-order valence-electron chi connectivity index (χ2n) is 3.99. The van der Waals surface area contributed by atoms with E-state index in [-0.39, 0.29) is 28.8 Å². The highest BCUT2D eigenvalue weighted by atomic mass is 35.5. The summed E-state index contributed by atoms with van der Waals surface area (Å²) in [5.74, 6) is -1.31. The van der Waals surface area contributed by atoms with Crippen LogP contribution in [0.15, 0.2) is 24.3 Å². The molecule has 100 valence electrons. The molecule has 1 unspecified atom stereocenters. The zero-order valence-corrected chi connectivity index (χ0v) is 11.3. The van der Waals surface area contributed by atoms with Crippen molar-refractivity contribution in [2.75, 3.05) is 16.4 Å². The summed E-state index contributed by atoms with van der Waals surface area (Å²) >= 11 is 5.56. The van der Waals surface area contributed by atoms with Gasteiger partial charge in [-0.05, 0) is 18.1 Å². The summed E-state index contributed by atoms with van der Waals surface area (Å²) in [5, 5.41) is 8.93. The van der Waals surface area contributed by atoms with Crippen LogP contribution in [0.2, 0.25) is 0 Å². The molecule has 0 radical (unpaired) electrons. The maximum Gasteiger partial charge on any atom is 0.337 e. The largest absolute Gasteiger partial charge is 0.478 e. The minimum absolute atomic E-state index is 0.0618. The van der Waals surface area contributed by atoms with Gasteiger partial charge >= 0.3 is 5.97 Å². The lowest BCUT2D eigenvalue weighted by Gasteiger charge is -2.12. The first-order valence-corrected chi connectivity index (χ1v) is 7.43. The van der Waals surface area contributed by atoms with Crippen LogP contribution < -0.4 is 4.72 Å². The summed E-state index contributed by atoms with van der Waals surface area (Å²) in [6.07, 6.45) is 0. The first-order chi connectivity index (χ1) is 8.35. The maximum absolute atomic E-state index is 11.8. The van der Waals surface area contributed by atoms with E-state index in [1.165, 1.54) is 18.2 Å². The number of hydrogen-bond donors (Lipinski definition) is 2. The van der Waals surface area contributed by atoms with E-state index in [0.29, 0.717) is 0 Å². The number of halogens is 1. The average Bonchev–Trinajstić information content (AvgIpc) is 2.28. The van der Waals surface area contributed by atoms with Gasteiger partial charge in [0.1, 0.15) is 0 Å². The third-order valence-corrected chi connectivity index (χ3v) is 4.26. The number of alkyl halides is 1. The topological polar surface area (TPSA) is 83.5 Å². The Morgan fingerprint density at radius 3 is 2.61 bits per heavy atom. The first-order valence-electron chi connectivity index (χ1n) is 5.24. The molecule has 0 fully saturated rings.